The van der Waals surface area contributed by atoms with E-state index in [-0.39, 0.29) is 0 Å². The van der Waals surface area contributed by atoms with E-state index in [1.54, 1.807) is 0 Å². The van der Waals surface area contributed by atoms with Crippen molar-refractivity contribution in [3.63, 3.8) is 0 Å². The fourth-order valence-corrected chi connectivity index (χ4v) is 3.07. The molecule has 1 unspecified atom stereocenters. The lowest BCUT2D eigenvalue weighted by atomic mass is 9.95. The molecule has 0 aliphatic carbocycles. The second-order valence-corrected chi connectivity index (χ2v) is 5.95. The quantitative estimate of drug-likeness (QED) is 0.592. The van der Waals surface area contributed by atoms with Crippen LogP contribution < -0.4 is 0 Å². The second-order valence-electron chi connectivity index (χ2n) is 5.95. The topological polar surface area (TPSA) is 4.93 Å². The molecule has 1 atom stereocenters. The fourth-order valence-electron chi connectivity index (χ4n) is 3.07. The van der Waals surface area contributed by atoms with Crippen molar-refractivity contribution in [2.75, 3.05) is 0 Å². The van der Waals surface area contributed by atoms with E-state index < -0.39 is 0 Å². The van der Waals surface area contributed by atoms with Gasteiger partial charge in [0.2, 0.25) is 0 Å². The van der Waals surface area contributed by atoms with E-state index in [9.17, 15) is 0 Å². The molecule has 3 rings (SSSR count). The summed E-state index contributed by atoms with van der Waals surface area (Å²) in [6, 6.07) is 19.8. The number of aromatic nitrogens is 1. The van der Waals surface area contributed by atoms with Gasteiger partial charge >= 0.3 is 0 Å². The van der Waals surface area contributed by atoms with E-state index in [1.165, 1.54) is 34.1 Å². The van der Waals surface area contributed by atoms with Gasteiger partial charge in [0, 0.05) is 23.1 Å². The SMILES string of the molecule is CCC(C)c1cccc2c1cc(C)n2Cc1ccccc1. The molecule has 108 valence electrons. The molecule has 1 nitrogen and oxygen atoms in total. The summed E-state index contributed by atoms with van der Waals surface area (Å²) in [5.74, 6) is 0.612. The van der Waals surface area contributed by atoms with Gasteiger partial charge in [0.15, 0.2) is 0 Å². The van der Waals surface area contributed by atoms with Crippen LogP contribution in [0.1, 0.15) is 43.0 Å². The van der Waals surface area contributed by atoms with Crippen LogP contribution in [0.15, 0.2) is 54.6 Å². The molecule has 1 heteroatoms. The maximum atomic E-state index is 2.43. The molecule has 0 spiro atoms. The largest absolute Gasteiger partial charge is 0.340 e. The molecule has 0 saturated carbocycles. The Bertz CT molecular complexity index is 737. The number of fused-ring (bicyclic) bond motifs is 1. The predicted molar refractivity (Wildman–Crippen MR) is 90.9 cm³/mol. The van der Waals surface area contributed by atoms with Crippen LogP contribution in [-0.2, 0) is 6.54 Å². The van der Waals surface area contributed by atoms with Gasteiger partial charge in [-0.1, -0.05) is 56.3 Å². The maximum Gasteiger partial charge on any atom is 0.0488 e. The number of hydrogen-bond acceptors (Lipinski definition) is 0. The molecule has 3 aromatic rings. The van der Waals surface area contributed by atoms with Gasteiger partial charge in [0.05, 0.1) is 0 Å². The van der Waals surface area contributed by atoms with Crippen LogP contribution in [0.5, 0.6) is 0 Å². The summed E-state index contributed by atoms with van der Waals surface area (Å²) in [7, 11) is 0. The minimum absolute atomic E-state index is 0.612. The Balaban J connectivity index is 2.10. The van der Waals surface area contributed by atoms with E-state index in [0.29, 0.717) is 5.92 Å². The number of nitrogens with zero attached hydrogens (tertiary/aromatic N) is 1. The van der Waals surface area contributed by atoms with Gasteiger partial charge in [0.1, 0.15) is 0 Å². The van der Waals surface area contributed by atoms with E-state index in [1.807, 2.05) is 0 Å². The summed E-state index contributed by atoms with van der Waals surface area (Å²) in [6.07, 6.45) is 1.18. The lowest BCUT2D eigenvalue weighted by molar-refractivity contribution is 0.739. The molecule has 0 N–H and O–H groups in total. The normalized spacial score (nSPS) is 12.7. The molecule has 0 aliphatic rings. The predicted octanol–water partition coefficient (Wildman–Crippen LogP) is 5.51. The van der Waals surface area contributed by atoms with Crippen molar-refractivity contribution in [1.29, 1.82) is 0 Å². The first-order chi connectivity index (χ1) is 10.2. The molecule has 0 aliphatic heterocycles. The van der Waals surface area contributed by atoms with Crippen LogP contribution >= 0.6 is 0 Å². The van der Waals surface area contributed by atoms with Crippen molar-refractivity contribution in [3.8, 4) is 0 Å². The number of rotatable bonds is 4. The Morgan fingerprint density at radius 2 is 1.76 bits per heavy atom. The summed E-state index contributed by atoms with van der Waals surface area (Å²) in [5.41, 5.74) is 5.52. The van der Waals surface area contributed by atoms with E-state index >= 15 is 0 Å². The molecule has 2 aromatic carbocycles. The minimum atomic E-state index is 0.612. The molecule has 0 amide bonds. The Labute approximate surface area is 127 Å². The van der Waals surface area contributed by atoms with Crippen LogP contribution in [0, 0.1) is 6.92 Å². The summed E-state index contributed by atoms with van der Waals surface area (Å²) < 4.78 is 2.43. The molecule has 1 aromatic heterocycles. The third-order valence-electron chi connectivity index (χ3n) is 4.51. The van der Waals surface area contributed by atoms with Crippen molar-refractivity contribution < 1.29 is 0 Å². The zero-order valence-corrected chi connectivity index (χ0v) is 13.1. The van der Waals surface area contributed by atoms with E-state index in [4.69, 9.17) is 0 Å². The molecular weight excluding hydrogens is 254 g/mol. The van der Waals surface area contributed by atoms with E-state index in [2.05, 4.69) is 79.9 Å². The lowest BCUT2D eigenvalue weighted by Gasteiger charge is -2.12. The zero-order valence-electron chi connectivity index (χ0n) is 13.1. The van der Waals surface area contributed by atoms with Crippen molar-refractivity contribution in [1.82, 2.24) is 4.57 Å². The monoisotopic (exact) mass is 277 g/mol. The van der Waals surface area contributed by atoms with Gasteiger partial charge in [-0.05, 0) is 42.5 Å². The minimum Gasteiger partial charge on any atom is -0.340 e. The average molecular weight is 277 g/mol. The first-order valence-corrected chi connectivity index (χ1v) is 7.83. The standard InChI is InChI=1S/C20H23N/c1-4-15(2)18-11-8-12-20-19(18)13-16(3)21(20)14-17-9-6-5-7-10-17/h5-13,15H,4,14H2,1-3H3. The van der Waals surface area contributed by atoms with Gasteiger partial charge in [-0.2, -0.15) is 0 Å². The molecule has 0 radical (unpaired) electrons. The summed E-state index contributed by atoms with van der Waals surface area (Å²) in [4.78, 5) is 0. The Hall–Kier alpha value is -2.02. The van der Waals surface area contributed by atoms with Crippen LogP contribution in [0.25, 0.3) is 10.9 Å². The van der Waals surface area contributed by atoms with Crippen molar-refractivity contribution >= 4 is 10.9 Å². The maximum absolute atomic E-state index is 2.43. The summed E-state index contributed by atoms with van der Waals surface area (Å²) in [6.45, 7) is 7.74. The summed E-state index contributed by atoms with van der Waals surface area (Å²) in [5, 5.41) is 1.42. The first kappa shape index (κ1) is 13.9. The smallest absolute Gasteiger partial charge is 0.0488 e. The van der Waals surface area contributed by atoms with Crippen LogP contribution in [-0.4, -0.2) is 4.57 Å². The van der Waals surface area contributed by atoms with Gasteiger partial charge < -0.3 is 4.57 Å². The third-order valence-corrected chi connectivity index (χ3v) is 4.51. The number of benzene rings is 2. The Morgan fingerprint density at radius 1 is 1.00 bits per heavy atom. The Morgan fingerprint density at radius 3 is 2.48 bits per heavy atom. The van der Waals surface area contributed by atoms with Gasteiger partial charge in [-0.25, -0.2) is 0 Å². The average Bonchev–Trinajstić information content (AvgIpc) is 2.83. The molecule has 1 heterocycles. The molecular formula is C20H23N. The highest BCUT2D eigenvalue weighted by Crippen LogP contribution is 2.30. The third kappa shape index (κ3) is 2.61. The highest BCUT2D eigenvalue weighted by atomic mass is 15.0. The molecule has 0 bridgehead atoms. The number of hydrogen-bond donors (Lipinski definition) is 0. The molecule has 0 saturated heterocycles. The molecule has 0 fully saturated rings. The van der Waals surface area contributed by atoms with Crippen molar-refractivity contribution in [2.24, 2.45) is 0 Å². The van der Waals surface area contributed by atoms with Gasteiger partial charge in [-0.3, -0.25) is 0 Å². The summed E-state index contributed by atoms with van der Waals surface area (Å²) >= 11 is 0. The van der Waals surface area contributed by atoms with Crippen molar-refractivity contribution in [2.45, 2.75) is 39.7 Å². The first-order valence-electron chi connectivity index (χ1n) is 7.83. The highest BCUT2D eigenvalue weighted by Gasteiger charge is 2.12. The van der Waals surface area contributed by atoms with Gasteiger partial charge in [-0.15, -0.1) is 0 Å². The second kappa shape index (κ2) is 5.77. The number of aryl methyl sites for hydroxylation is 1. The lowest BCUT2D eigenvalue weighted by Crippen LogP contribution is -2.01. The van der Waals surface area contributed by atoms with Gasteiger partial charge in [0.25, 0.3) is 0 Å². The van der Waals surface area contributed by atoms with E-state index in [0.717, 1.165) is 6.54 Å². The van der Waals surface area contributed by atoms with Crippen LogP contribution in [0.3, 0.4) is 0 Å². The highest BCUT2D eigenvalue weighted by molar-refractivity contribution is 5.85. The van der Waals surface area contributed by atoms with Crippen LogP contribution in [0.4, 0.5) is 0 Å². The zero-order chi connectivity index (χ0) is 14.8. The van der Waals surface area contributed by atoms with Crippen LogP contribution in [0.2, 0.25) is 0 Å². The van der Waals surface area contributed by atoms with Crippen molar-refractivity contribution in [3.05, 3.63) is 71.4 Å². The Kier molecular flexibility index (Phi) is 3.83. The molecule has 21 heavy (non-hydrogen) atoms. The fraction of sp³-hybridized carbons (Fsp3) is 0.300.